The van der Waals surface area contributed by atoms with Gasteiger partial charge in [0.1, 0.15) is 0 Å². The van der Waals surface area contributed by atoms with Gasteiger partial charge in [-0.3, -0.25) is 4.98 Å². The van der Waals surface area contributed by atoms with E-state index in [1.54, 1.807) is 0 Å². The van der Waals surface area contributed by atoms with Crippen LogP contribution < -0.4 is 5.32 Å². The molecule has 1 heterocycles. The van der Waals surface area contributed by atoms with Crippen LogP contribution in [0.3, 0.4) is 0 Å². The molecule has 0 aliphatic carbocycles. The zero-order chi connectivity index (χ0) is 12.3. The number of fused-ring (bicyclic) bond motifs is 1. The van der Waals surface area contributed by atoms with Gasteiger partial charge < -0.3 is 5.32 Å². The van der Waals surface area contributed by atoms with E-state index in [2.05, 4.69) is 61.4 Å². The summed E-state index contributed by atoms with van der Waals surface area (Å²) in [6.07, 6.45) is 1.91. The summed E-state index contributed by atoms with van der Waals surface area (Å²) in [5.74, 6) is 0.535. The fourth-order valence-electron chi connectivity index (χ4n) is 2.26. The molecular formula is C15H20N2. The SMILES string of the molecule is CCNC(c1nccc2ccccc12)C(C)C. The minimum absolute atomic E-state index is 0.325. The van der Waals surface area contributed by atoms with E-state index in [4.69, 9.17) is 0 Å². The van der Waals surface area contributed by atoms with Crippen LogP contribution in [0.2, 0.25) is 0 Å². The lowest BCUT2D eigenvalue weighted by Crippen LogP contribution is -2.26. The summed E-state index contributed by atoms with van der Waals surface area (Å²) in [7, 11) is 0. The number of rotatable bonds is 4. The molecular weight excluding hydrogens is 208 g/mol. The fourth-order valence-corrected chi connectivity index (χ4v) is 2.26. The minimum atomic E-state index is 0.325. The first-order valence-corrected chi connectivity index (χ1v) is 6.31. The van der Waals surface area contributed by atoms with E-state index in [0.717, 1.165) is 6.54 Å². The molecule has 17 heavy (non-hydrogen) atoms. The Labute approximate surface area is 103 Å². The lowest BCUT2D eigenvalue weighted by Gasteiger charge is -2.22. The van der Waals surface area contributed by atoms with E-state index < -0.39 is 0 Å². The second-order valence-electron chi connectivity index (χ2n) is 4.70. The predicted molar refractivity (Wildman–Crippen MR) is 73.0 cm³/mol. The van der Waals surface area contributed by atoms with Gasteiger partial charge >= 0.3 is 0 Å². The lowest BCUT2D eigenvalue weighted by atomic mass is 9.96. The summed E-state index contributed by atoms with van der Waals surface area (Å²) in [5.41, 5.74) is 1.17. The molecule has 0 saturated carbocycles. The van der Waals surface area contributed by atoms with Crippen molar-refractivity contribution in [2.75, 3.05) is 6.54 Å². The van der Waals surface area contributed by atoms with Crippen LogP contribution in [0.4, 0.5) is 0 Å². The Morgan fingerprint density at radius 2 is 1.94 bits per heavy atom. The third kappa shape index (κ3) is 2.47. The first-order chi connectivity index (χ1) is 8.24. The first kappa shape index (κ1) is 12.1. The standard InChI is InChI=1S/C15H20N2/c1-4-16-14(11(2)3)15-13-8-6-5-7-12(13)9-10-17-15/h5-11,14,16H,4H2,1-3H3. The largest absolute Gasteiger partial charge is 0.309 e. The monoisotopic (exact) mass is 228 g/mol. The molecule has 0 fully saturated rings. The first-order valence-electron chi connectivity index (χ1n) is 6.31. The summed E-state index contributed by atoms with van der Waals surface area (Å²) >= 11 is 0. The fraction of sp³-hybridized carbons (Fsp3) is 0.400. The molecule has 0 aliphatic rings. The average Bonchev–Trinajstić information content (AvgIpc) is 2.35. The number of nitrogens with zero attached hydrogens (tertiary/aromatic N) is 1. The molecule has 0 spiro atoms. The number of nitrogens with one attached hydrogen (secondary N) is 1. The number of benzene rings is 1. The van der Waals surface area contributed by atoms with E-state index in [1.807, 2.05) is 6.20 Å². The van der Waals surface area contributed by atoms with Gasteiger partial charge in [-0.1, -0.05) is 45.0 Å². The molecule has 0 bridgehead atoms. The highest BCUT2D eigenvalue weighted by atomic mass is 14.9. The van der Waals surface area contributed by atoms with Crippen molar-refractivity contribution >= 4 is 10.8 Å². The molecule has 2 aromatic rings. The Morgan fingerprint density at radius 1 is 1.18 bits per heavy atom. The minimum Gasteiger partial charge on any atom is -0.309 e. The van der Waals surface area contributed by atoms with Gasteiger partial charge in [-0.05, 0) is 23.9 Å². The molecule has 1 unspecified atom stereocenters. The molecule has 2 rings (SSSR count). The van der Waals surface area contributed by atoms with Crippen molar-refractivity contribution in [2.24, 2.45) is 5.92 Å². The normalized spacial score (nSPS) is 13.2. The Bertz CT molecular complexity index is 486. The van der Waals surface area contributed by atoms with Gasteiger partial charge in [0, 0.05) is 11.6 Å². The second-order valence-corrected chi connectivity index (χ2v) is 4.70. The molecule has 2 nitrogen and oxygen atoms in total. The van der Waals surface area contributed by atoms with Crippen LogP contribution in [-0.2, 0) is 0 Å². The molecule has 1 aromatic heterocycles. The third-order valence-corrected chi connectivity index (χ3v) is 3.09. The zero-order valence-corrected chi connectivity index (χ0v) is 10.8. The van der Waals surface area contributed by atoms with Crippen LogP contribution in [0.1, 0.15) is 32.5 Å². The second kappa shape index (κ2) is 5.28. The topological polar surface area (TPSA) is 24.9 Å². The number of pyridine rings is 1. The zero-order valence-electron chi connectivity index (χ0n) is 10.8. The Balaban J connectivity index is 2.52. The van der Waals surface area contributed by atoms with Gasteiger partial charge in [-0.25, -0.2) is 0 Å². The van der Waals surface area contributed by atoms with Crippen molar-refractivity contribution in [2.45, 2.75) is 26.8 Å². The Kier molecular flexibility index (Phi) is 3.75. The van der Waals surface area contributed by atoms with Gasteiger partial charge in [0.05, 0.1) is 11.7 Å². The van der Waals surface area contributed by atoms with Crippen molar-refractivity contribution in [3.8, 4) is 0 Å². The smallest absolute Gasteiger partial charge is 0.0653 e. The highest BCUT2D eigenvalue weighted by Gasteiger charge is 2.17. The predicted octanol–water partition coefficient (Wildman–Crippen LogP) is 3.54. The molecule has 1 N–H and O–H groups in total. The van der Waals surface area contributed by atoms with Gasteiger partial charge in [0.2, 0.25) is 0 Å². The van der Waals surface area contributed by atoms with Gasteiger partial charge in [-0.15, -0.1) is 0 Å². The highest BCUT2D eigenvalue weighted by Crippen LogP contribution is 2.26. The van der Waals surface area contributed by atoms with E-state index in [9.17, 15) is 0 Å². The summed E-state index contributed by atoms with van der Waals surface area (Å²) in [4.78, 5) is 4.58. The summed E-state index contributed by atoms with van der Waals surface area (Å²) in [6, 6.07) is 10.8. The number of hydrogen-bond donors (Lipinski definition) is 1. The van der Waals surface area contributed by atoms with E-state index >= 15 is 0 Å². The molecule has 0 aliphatic heterocycles. The van der Waals surface area contributed by atoms with E-state index in [1.165, 1.54) is 16.5 Å². The lowest BCUT2D eigenvalue weighted by molar-refractivity contribution is 0.416. The average molecular weight is 228 g/mol. The molecule has 0 radical (unpaired) electrons. The van der Waals surface area contributed by atoms with Crippen molar-refractivity contribution in [1.82, 2.24) is 10.3 Å². The maximum absolute atomic E-state index is 4.58. The molecule has 2 heteroatoms. The van der Waals surface area contributed by atoms with Crippen molar-refractivity contribution in [3.05, 3.63) is 42.2 Å². The van der Waals surface area contributed by atoms with Gasteiger partial charge in [-0.2, -0.15) is 0 Å². The van der Waals surface area contributed by atoms with Crippen LogP contribution in [-0.4, -0.2) is 11.5 Å². The summed E-state index contributed by atoms with van der Waals surface area (Å²) in [5, 5.41) is 6.05. The molecule has 90 valence electrons. The summed E-state index contributed by atoms with van der Waals surface area (Å²) in [6.45, 7) is 7.57. The number of hydrogen-bond acceptors (Lipinski definition) is 2. The number of aromatic nitrogens is 1. The molecule has 0 saturated heterocycles. The Hall–Kier alpha value is -1.41. The van der Waals surface area contributed by atoms with Gasteiger partial charge in [0.15, 0.2) is 0 Å². The highest BCUT2D eigenvalue weighted by molar-refractivity contribution is 5.84. The molecule has 1 aromatic carbocycles. The Morgan fingerprint density at radius 3 is 2.65 bits per heavy atom. The maximum Gasteiger partial charge on any atom is 0.0653 e. The molecule has 0 amide bonds. The van der Waals surface area contributed by atoms with Crippen molar-refractivity contribution in [3.63, 3.8) is 0 Å². The van der Waals surface area contributed by atoms with Crippen LogP contribution in [0.15, 0.2) is 36.5 Å². The van der Waals surface area contributed by atoms with E-state index in [-0.39, 0.29) is 0 Å². The van der Waals surface area contributed by atoms with Crippen LogP contribution >= 0.6 is 0 Å². The third-order valence-electron chi connectivity index (χ3n) is 3.09. The van der Waals surface area contributed by atoms with Gasteiger partial charge in [0.25, 0.3) is 0 Å². The summed E-state index contributed by atoms with van der Waals surface area (Å²) < 4.78 is 0. The van der Waals surface area contributed by atoms with Crippen molar-refractivity contribution < 1.29 is 0 Å². The van der Waals surface area contributed by atoms with E-state index in [0.29, 0.717) is 12.0 Å². The van der Waals surface area contributed by atoms with Crippen LogP contribution in [0.25, 0.3) is 10.8 Å². The van der Waals surface area contributed by atoms with Crippen LogP contribution in [0, 0.1) is 5.92 Å². The van der Waals surface area contributed by atoms with Crippen LogP contribution in [0.5, 0.6) is 0 Å². The quantitative estimate of drug-likeness (QED) is 0.865. The molecule has 1 atom stereocenters. The van der Waals surface area contributed by atoms with Crippen molar-refractivity contribution in [1.29, 1.82) is 0 Å². The maximum atomic E-state index is 4.58.